The molecule has 2 rings (SSSR count). The van der Waals surface area contributed by atoms with Gasteiger partial charge in [-0.05, 0) is 12.1 Å². The van der Waals surface area contributed by atoms with Crippen LogP contribution in [0, 0.1) is 0 Å². The van der Waals surface area contributed by atoms with Crippen molar-refractivity contribution >= 4 is 11.4 Å². The van der Waals surface area contributed by atoms with Crippen molar-refractivity contribution in [1.29, 1.82) is 0 Å². The van der Waals surface area contributed by atoms with Gasteiger partial charge in [-0.15, -0.1) is 0 Å². The first kappa shape index (κ1) is 9.51. The molecular formula is C10H13N5. The third-order valence-corrected chi connectivity index (χ3v) is 1.99. The highest BCUT2D eigenvalue weighted by atomic mass is 15.3. The maximum atomic E-state index is 5.60. The molecule has 0 aliphatic rings. The van der Waals surface area contributed by atoms with Crippen LogP contribution in [0.1, 0.15) is 0 Å². The second-order valence-electron chi connectivity index (χ2n) is 3.20. The molecule has 0 amide bonds. The molecule has 3 N–H and O–H groups in total. The van der Waals surface area contributed by atoms with Gasteiger partial charge in [-0.25, -0.2) is 0 Å². The number of anilines is 2. The van der Waals surface area contributed by atoms with E-state index in [2.05, 4.69) is 15.4 Å². The molecule has 0 spiro atoms. The highest BCUT2D eigenvalue weighted by Gasteiger charge is 1.93. The summed E-state index contributed by atoms with van der Waals surface area (Å²) in [6.07, 6.45) is 7.07. The lowest BCUT2D eigenvalue weighted by Crippen LogP contribution is -2.10. The molecule has 5 heteroatoms. The fourth-order valence-electron chi connectivity index (χ4n) is 1.30. The van der Waals surface area contributed by atoms with Gasteiger partial charge in [0.05, 0.1) is 24.1 Å². The van der Waals surface area contributed by atoms with Crippen LogP contribution in [0.15, 0.2) is 36.9 Å². The highest BCUT2D eigenvalue weighted by Crippen LogP contribution is 2.08. The van der Waals surface area contributed by atoms with Gasteiger partial charge < -0.3 is 11.1 Å². The predicted molar refractivity (Wildman–Crippen MR) is 59.4 cm³/mol. The van der Waals surface area contributed by atoms with Gasteiger partial charge in [0.1, 0.15) is 0 Å². The molecule has 0 atom stereocenters. The lowest BCUT2D eigenvalue weighted by atomic mass is 10.4. The molecule has 0 unspecified atom stereocenters. The van der Waals surface area contributed by atoms with Gasteiger partial charge in [0, 0.05) is 25.1 Å². The van der Waals surface area contributed by atoms with Crippen LogP contribution in [0.4, 0.5) is 11.4 Å². The molecule has 0 aliphatic carbocycles. The summed E-state index contributed by atoms with van der Waals surface area (Å²) in [7, 11) is 0. The Morgan fingerprint density at radius 2 is 2.33 bits per heavy atom. The maximum Gasteiger partial charge on any atom is 0.0582 e. The van der Waals surface area contributed by atoms with Crippen LogP contribution in [0.3, 0.4) is 0 Å². The molecule has 2 aromatic rings. The summed E-state index contributed by atoms with van der Waals surface area (Å²) < 4.78 is 1.87. The van der Waals surface area contributed by atoms with Crippen LogP contribution in [0.2, 0.25) is 0 Å². The molecule has 0 saturated heterocycles. The lowest BCUT2D eigenvalue weighted by molar-refractivity contribution is 0.638. The minimum absolute atomic E-state index is 0.666. The minimum atomic E-state index is 0.666. The molecule has 0 saturated carbocycles. The minimum Gasteiger partial charge on any atom is -0.397 e. The summed E-state index contributed by atoms with van der Waals surface area (Å²) in [5.41, 5.74) is 7.20. The topological polar surface area (TPSA) is 68.8 Å². The maximum absolute atomic E-state index is 5.60. The lowest BCUT2D eigenvalue weighted by Gasteiger charge is -2.06. The number of nitrogens with one attached hydrogen (secondary N) is 1. The molecule has 2 aromatic heterocycles. The molecule has 0 bridgehead atoms. The Morgan fingerprint density at radius 3 is 3.07 bits per heavy atom. The van der Waals surface area contributed by atoms with Crippen molar-refractivity contribution in [3.05, 3.63) is 36.9 Å². The second-order valence-corrected chi connectivity index (χ2v) is 3.20. The predicted octanol–water partition coefficient (Wildman–Crippen LogP) is 0.972. The van der Waals surface area contributed by atoms with E-state index in [1.807, 2.05) is 23.0 Å². The van der Waals surface area contributed by atoms with Crippen LogP contribution in [0.5, 0.6) is 0 Å². The van der Waals surface area contributed by atoms with E-state index in [0.717, 1.165) is 18.8 Å². The first-order chi connectivity index (χ1) is 7.34. The van der Waals surface area contributed by atoms with Gasteiger partial charge in [-0.1, -0.05) is 0 Å². The molecule has 2 heterocycles. The molecule has 0 fully saturated rings. The number of nitrogen functional groups attached to an aromatic ring is 1. The van der Waals surface area contributed by atoms with E-state index in [1.54, 1.807) is 18.6 Å². The van der Waals surface area contributed by atoms with Gasteiger partial charge in [0.2, 0.25) is 0 Å². The molecule has 0 radical (unpaired) electrons. The van der Waals surface area contributed by atoms with Crippen molar-refractivity contribution in [3.8, 4) is 0 Å². The van der Waals surface area contributed by atoms with Gasteiger partial charge in [0.15, 0.2) is 0 Å². The molecule has 5 nitrogen and oxygen atoms in total. The van der Waals surface area contributed by atoms with Crippen molar-refractivity contribution in [3.63, 3.8) is 0 Å². The van der Waals surface area contributed by atoms with Gasteiger partial charge >= 0.3 is 0 Å². The van der Waals surface area contributed by atoms with E-state index >= 15 is 0 Å². The average Bonchev–Trinajstić information content (AvgIpc) is 2.71. The summed E-state index contributed by atoms with van der Waals surface area (Å²) >= 11 is 0. The number of pyridine rings is 1. The van der Waals surface area contributed by atoms with Crippen molar-refractivity contribution in [1.82, 2.24) is 14.8 Å². The smallest absolute Gasteiger partial charge is 0.0582 e. The zero-order chi connectivity index (χ0) is 10.5. The van der Waals surface area contributed by atoms with E-state index in [4.69, 9.17) is 5.73 Å². The van der Waals surface area contributed by atoms with Crippen LogP contribution in [-0.2, 0) is 6.54 Å². The summed E-state index contributed by atoms with van der Waals surface area (Å²) in [4.78, 5) is 3.99. The summed E-state index contributed by atoms with van der Waals surface area (Å²) in [5.74, 6) is 0. The van der Waals surface area contributed by atoms with Gasteiger partial charge in [-0.3, -0.25) is 9.67 Å². The largest absolute Gasteiger partial charge is 0.397 e. The summed E-state index contributed by atoms with van der Waals surface area (Å²) in [6.45, 7) is 1.62. The van der Waals surface area contributed by atoms with Crippen LogP contribution < -0.4 is 11.1 Å². The molecule has 0 aromatic carbocycles. The fourth-order valence-corrected chi connectivity index (χ4v) is 1.30. The number of hydrogen-bond donors (Lipinski definition) is 2. The van der Waals surface area contributed by atoms with Crippen molar-refractivity contribution in [2.45, 2.75) is 6.54 Å². The number of hydrogen-bond acceptors (Lipinski definition) is 4. The Bertz CT molecular complexity index is 410. The Hall–Kier alpha value is -2.04. The standard InChI is InChI=1S/C10H13N5/c11-9-6-10(8-12-7-9)13-3-5-15-4-1-2-14-15/h1-2,4,6-8,13H,3,5,11H2. The third kappa shape index (κ3) is 2.70. The second kappa shape index (κ2) is 4.45. The Kier molecular flexibility index (Phi) is 2.82. The molecule has 78 valence electrons. The summed E-state index contributed by atoms with van der Waals surface area (Å²) in [6, 6.07) is 3.76. The molecule has 0 aliphatic heterocycles. The van der Waals surface area contributed by atoms with Crippen LogP contribution in [0.25, 0.3) is 0 Å². The highest BCUT2D eigenvalue weighted by molar-refractivity contribution is 5.51. The Morgan fingerprint density at radius 1 is 1.40 bits per heavy atom. The van der Waals surface area contributed by atoms with E-state index in [9.17, 15) is 0 Å². The van der Waals surface area contributed by atoms with Crippen molar-refractivity contribution < 1.29 is 0 Å². The number of rotatable bonds is 4. The van der Waals surface area contributed by atoms with Crippen molar-refractivity contribution in [2.24, 2.45) is 0 Å². The monoisotopic (exact) mass is 203 g/mol. The van der Waals surface area contributed by atoms with Gasteiger partial charge in [-0.2, -0.15) is 5.10 Å². The van der Waals surface area contributed by atoms with Gasteiger partial charge in [0.25, 0.3) is 0 Å². The normalized spacial score (nSPS) is 10.1. The summed E-state index contributed by atoms with van der Waals surface area (Å²) in [5, 5.41) is 7.32. The first-order valence-electron chi connectivity index (χ1n) is 4.76. The van der Waals surface area contributed by atoms with E-state index in [1.165, 1.54) is 0 Å². The number of nitrogens with zero attached hydrogens (tertiary/aromatic N) is 3. The Labute approximate surface area is 87.9 Å². The third-order valence-electron chi connectivity index (χ3n) is 1.99. The van der Waals surface area contributed by atoms with Crippen molar-refractivity contribution in [2.75, 3.05) is 17.6 Å². The van der Waals surface area contributed by atoms with E-state index in [-0.39, 0.29) is 0 Å². The molecular weight excluding hydrogens is 190 g/mol. The first-order valence-corrected chi connectivity index (χ1v) is 4.76. The quantitative estimate of drug-likeness (QED) is 0.777. The van der Waals surface area contributed by atoms with E-state index < -0.39 is 0 Å². The number of nitrogens with two attached hydrogens (primary N) is 1. The molecule has 15 heavy (non-hydrogen) atoms. The van der Waals surface area contributed by atoms with Crippen LogP contribution >= 0.6 is 0 Å². The van der Waals surface area contributed by atoms with E-state index in [0.29, 0.717) is 5.69 Å². The Balaban J connectivity index is 1.83. The van der Waals surface area contributed by atoms with Crippen LogP contribution in [-0.4, -0.2) is 21.3 Å². The zero-order valence-corrected chi connectivity index (χ0v) is 8.30. The fraction of sp³-hybridized carbons (Fsp3) is 0.200. The average molecular weight is 203 g/mol. The number of aromatic nitrogens is 3. The zero-order valence-electron chi connectivity index (χ0n) is 8.30. The SMILES string of the molecule is Nc1cncc(NCCn2cccn2)c1.